The van der Waals surface area contributed by atoms with Crippen molar-refractivity contribution in [3.63, 3.8) is 0 Å². The van der Waals surface area contributed by atoms with Crippen LogP contribution < -0.4 is 5.32 Å². The highest BCUT2D eigenvalue weighted by Gasteiger charge is 2.24. The maximum Gasteiger partial charge on any atom is 0.234 e. The van der Waals surface area contributed by atoms with Crippen molar-refractivity contribution >= 4 is 5.91 Å². The predicted octanol–water partition coefficient (Wildman–Crippen LogP) is 2.33. The van der Waals surface area contributed by atoms with Gasteiger partial charge in [-0.25, -0.2) is 4.39 Å². The Labute approximate surface area is 137 Å². The SMILES string of the molecule is O=C(CN(Cc1cccc(F)c1)CC1CCCO1)NCC1CC1. The molecule has 1 unspecified atom stereocenters. The van der Waals surface area contributed by atoms with Gasteiger partial charge in [0, 0.05) is 26.2 Å². The number of nitrogens with zero attached hydrogens (tertiary/aromatic N) is 1. The summed E-state index contributed by atoms with van der Waals surface area (Å²) >= 11 is 0. The number of halogens is 1. The van der Waals surface area contributed by atoms with Crippen molar-refractivity contribution in [1.29, 1.82) is 0 Å². The fourth-order valence-corrected chi connectivity index (χ4v) is 2.99. The van der Waals surface area contributed by atoms with E-state index in [9.17, 15) is 9.18 Å². The molecule has 0 spiro atoms. The molecule has 1 aromatic carbocycles. The monoisotopic (exact) mass is 320 g/mol. The smallest absolute Gasteiger partial charge is 0.234 e. The van der Waals surface area contributed by atoms with E-state index in [2.05, 4.69) is 10.2 Å². The second-order valence-electron chi connectivity index (χ2n) is 6.68. The lowest BCUT2D eigenvalue weighted by molar-refractivity contribution is -0.122. The van der Waals surface area contributed by atoms with E-state index in [1.165, 1.54) is 25.0 Å². The van der Waals surface area contributed by atoms with Crippen LogP contribution in [0.3, 0.4) is 0 Å². The Bertz CT molecular complexity index is 528. The van der Waals surface area contributed by atoms with Crippen molar-refractivity contribution in [2.24, 2.45) is 5.92 Å². The number of benzene rings is 1. The summed E-state index contributed by atoms with van der Waals surface area (Å²) in [5, 5.41) is 3.00. The van der Waals surface area contributed by atoms with Gasteiger partial charge in [-0.15, -0.1) is 0 Å². The highest BCUT2D eigenvalue weighted by molar-refractivity contribution is 5.78. The summed E-state index contributed by atoms with van der Waals surface area (Å²) in [6.45, 7) is 3.20. The Morgan fingerprint density at radius 3 is 2.91 bits per heavy atom. The molecular weight excluding hydrogens is 295 g/mol. The number of ether oxygens (including phenoxy) is 1. The van der Waals surface area contributed by atoms with Crippen molar-refractivity contribution < 1.29 is 13.9 Å². The average molecular weight is 320 g/mol. The van der Waals surface area contributed by atoms with Gasteiger partial charge in [-0.1, -0.05) is 12.1 Å². The summed E-state index contributed by atoms with van der Waals surface area (Å²) in [5.41, 5.74) is 0.887. The van der Waals surface area contributed by atoms with Gasteiger partial charge in [0.05, 0.1) is 12.6 Å². The van der Waals surface area contributed by atoms with Crippen LogP contribution in [0.1, 0.15) is 31.2 Å². The van der Waals surface area contributed by atoms with Crippen LogP contribution in [0, 0.1) is 11.7 Å². The van der Waals surface area contributed by atoms with E-state index in [0.717, 1.165) is 31.6 Å². The molecule has 1 aromatic rings. The Morgan fingerprint density at radius 1 is 1.35 bits per heavy atom. The van der Waals surface area contributed by atoms with E-state index in [0.29, 0.717) is 25.6 Å². The van der Waals surface area contributed by atoms with E-state index in [1.54, 1.807) is 6.07 Å². The van der Waals surface area contributed by atoms with E-state index in [1.807, 2.05) is 6.07 Å². The molecular formula is C18H25FN2O2. The molecule has 1 aliphatic carbocycles. The summed E-state index contributed by atoms with van der Waals surface area (Å²) in [6.07, 6.45) is 4.74. The van der Waals surface area contributed by atoms with Crippen LogP contribution >= 0.6 is 0 Å². The van der Waals surface area contributed by atoms with Gasteiger partial charge in [-0.3, -0.25) is 9.69 Å². The fraction of sp³-hybridized carbons (Fsp3) is 0.611. The molecule has 1 aliphatic heterocycles. The minimum absolute atomic E-state index is 0.0475. The van der Waals surface area contributed by atoms with Gasteiger partial charge < -0.3 is 10.1 Å². The largest absolute Gasteiger partial charge is 0.377 e. The molecule has 23 heavy (non-hydrogen) atoms. The van der Waals surface area contributed by atoms with Gasteiger partial charge >= 0.3 is 0 Å². The third-order valence-corrected chi connectivity index (χ3v) is 4.43. The third-order valence-electron chi connectivity index (χ3n) is 4.43. The minimum Gasteiger partial charge on any atom is -0.377 e. The molecule has 1 heterocycles. The Hall–Kier alpha value is -1.46. The zero-order valence-corrected chi connectivity index (χ0v) is 13.5. The van der Waals surface area contributed by atoms with Crippen LogP contribution in [0.5, 0.6) is 0 Å². The first-order valence-electron chi connectivity index (χ1n) is 8.54. The molecule has 0 aromatic heterocycles. The summed E-state index contributed by atoms with van der Waals surface area (Å²) in [7, 11) is 0. The Morgan fingerprint density at radius 2 is 2.22 bits per heavy atom. The van der Waals surface area contributed by atoms with Gasteiger partial charge in [0.1, 0.15) is 5.82 Å². The van der Waals surface area contributed by atoms with Crippen LogP contribution in [-0.4, -0.2) is 43.2 Å². The van der Waals surface area contributed by atoms with Crippen molar-refractivity contribution in [3.05, 3.63) is 35.6 Å². The quantitative estimate of drug-likeness (QED) is 0.799. The predicted molar refractivity (Wildman–Crippen MR) is 86.4 cm³/mol. The molecule has 0 bridgehead atoms. The topological polar surface area (TPSA) is 41.6 Å². The summed E-state index contributed by atoms with van der Waals surface area (Å²) in [4.78, 5) is 14.2. The number of carbonyl (C=O) groups excluding carboxylic acids is 1. The first-order valence-corrected chi connectivity index (χ1v) is 8.54. The van der Waals surface area contributed by atoms with E-state index < -0.39 is 0 Å². The molecule has 2 fully saturated rings. The van der Waals surface area contributed by atoms with Crippen LogP contribution in [-0.2, 0) is 16.1 Å². The van der Waals surface area contributed by atoms with Crippen molar-refractivity contribution in [2.45, 2.75) is 38.3 Å². The number of hydrogen-bond donors (Lipinski definition) is 1. The number of nitrogens with one attached hydrogen (secondary N) is 1. The van der Waals surface area contributed by atoms with Crippen LogP contribution in [0.25, 0.3) is 0 Å². The zero-order valence-electron chi connectivity index (χ0n) is 13.5. The van der Waals surface area contributed by atoms with Gasteiger partial charge in [-0.2, -0.15) is 0 Å². The van der Waals surface area contributed by atoms with E-state index in [4.69, 9.17) is 4.74 Å². The molecule has 2 aliphatic rings. The maximum atomic E-state index is 13.4. The number of amides is 1. The molecule has 0 radical (unpaired) electrons. The number of carbonyl (C=O) groups is 1. The third kappa shape index (κ3) is 5.59. The molecule has 1 atom stereocenters. The second-order valence-corrected chi connectivity index (χ2v) is 6.68. The van der Waals surface area contributed by atoms with E-state index >= 15 is 0 Å². The second kappa shape index (κ2) is 7.88. The molecule has 5 heteroatoms. The van der Waals surface area contributed by atoms with Gasteiger partial charge in [0.15, 0.2) is 0 Å². The Balaban J connectivity index is 1.56. The lowest BCUT2D eigenvalue weighted by Gasteiger charge is -2.24. The molecule has 126 valence electrons. The molecule has 4 nitrogen and oxygen atoms in total. The molecule has 1 N–H and O–H groups in total. The minimum atomic E-state index is -0.238. The number of hydrogen-bond acceptors (Lipinski definition) is 3. The molecule has 1 saturated heterocycles. The molecule has 3 rings (SSSR count). The van der Waals surface area contributed by atoms with Gasteiger partial charge in [-0.05, 0) is 49.3 Å². The first-order chi connectivity index (χ1) is 11.2. The standard InChI is InChI=1S/C18H25FN2O2/c19-16-4-1-3-15(9-16)11-21(12-17-5-2-8-23-17)13-18(22)20-10-14-6-7-14/h1,3-4,9,14,17H,2,5-8,10-13H2,(H,20,22). The van der Waals surface area contributed by atoms with E-state index in [-0.39, 0.29) is 17.8 Å². The van der Waals surface area contributed by atoms with Crippen molar-refractivity contribution in [3.8, 4) is 0 Å². The average Bonchev–Trinajstić information content (AvgIpc) is 3.21. The Kier molecular flexibility index (Phi) is 5.62. The summed E-state index contributed by atoms with van der Waals surface area (Å²) in [5.74, 6) is 0.484. The molecule has 1 amide bonds. The fourth-order valence-electron chi connectivity index (χ4n) is 2.99. The lowest BCUT2D eigenvalue weighted by atomic mass is 10.1. The van der Waals surface area contributed by atoms with Crippen LogP contribution in [0.15, 0.2) is 24.3 Å². The summed E-state index contributed by atoms with van der Waals surface area (Å²) in [6, 6.07) is 6.58. The van der Waals surface area contributed by atoms with Crippen LogP contribution in [0.4, 0.5) is 4.39 Å². The van der Waals surface area contributed by atoms with Crippen molar-refractivity contribution in [1.82, 2.24) is 10.2 Å². The zero-order chi connectivity index (χ0) is 16.1. The maximum absolute atomic E-state index is 13.4. The highest BCUT2D eigenvalue weighted by Crippen LogP contribution is 2.27. The van der Waals surface area contributed by atoms with Gasteiger partial charge in [0.2, 0.25) is 5.91 Å². The summed E-state index contributed by atoms with van der Waals surface area (Å²) < 4.78 is 19.1. The lowest BCUT2D eigenvalue weighted by Crippen LogP contribution is -2.41. The number of rotatable bonds is 8. The van der Waals surface area contributed by atoms with Crippen LogP contribution in [0.2, 0.25) is 0 Å². The molecule has 1 saturated carbocycles. The van der Waals surface area contributed by atoms with Crippen molar-refractivity contribution in [2.75, 3.05) is 26.2 Å². The highest BCUT2D eigenvalue weighted by atomic mass is 19.1. The normalized spacial score (nSPS) is 20.9. The first kappa shape index (κ1) is 16.4. The van der Waals surface area contributed by atoms with Gasteiger partial charge in [0.25, 0.3) is 0 Å².